The molecule has 92 valence electrons. The second-order valence-corrected chi connectivity index (χ2v) is 3.93. The van der Waals surface area contributed by atoms with Crippen LogP contribution >= 0.6 is 0 Å². The van der Waals surface area contributed by atoms with Gasteiger partial charge >= 0.3 is 5.97 Å². The van der Waals surface area contributed by atoms with Crippen molar-refractivity contribution in [2.45, 2.75) is 6.42 Å². The molecule has 0 saturated heterocycles. The van der Waals surface area contributed by atoms with E-state index in [-0.39, 0.29) is 5.56 Å². The molecule has 2 nitrogen and oxygen atoms in total. The van der Waals surface area contributed by atoms with E-state index in [0.29, 0.717) is 12.0 Å². The second-order valence-electron chi connectivity index (χ2n) is 3.93. The molecule has 2 aromatic rings. The summed E-state index contributed by atoms with van der Waals surface area (Å²) in [5.74, 6) is -2.75. The fourth-order valence-corrected chi connectivity index (χ4v) is 1.65. The molecule has 2 rings (SSSR count). The normalized spacial score (nSPS) is 10.3. The molecule has 0 spiro atoms. The van der Waals surface area contributed by atoms with Crippen LogP contribution in [-0.4, -0.2) is 11.1 Å². The van der Waals surface area contributed by atoms with E-state index in [4.69, 9.17) is 5.11 Å². The Morgan fingerprint density at radius 1 is 0.944 bits per heavy atom. The van der Waals surface area contributed by atoms with E-state index in [0.717, 1.165) is 17.7 Å². The van der Waals surface area contributed by atoms with Gasteiger partial charge in [-0.25, -0.2) is 13.6 Å². The summed E-state index contributed by atoms with van der Waals surface area (Å²) >= 11 is 0. The molecular weight excluding hydrogens is 238 g/mol. The zero-order valence-corrected chi connectivity index (χ0v) is 9.36. The van der Waals surface area contributed by atoms with Gasteiger partial charge in [0.25, 0.3) is 0 Å². The van der Waals surface area contributed by atoms with Crippen molar-refractivity contribution in [3.8, 4) is 0 Å². The summed E-state index contributed by atoms with van der Waals surface area (Å²) in [7, 11) is 0. The van der Waals surface area contributed by atoms with Gasteiger partial charge < -0.3 is 5.11 Å². The van der Waals surface area contributed by atoms with E-state index >= 15 is 0 Å². The monoisotopic (exact) mass is 248 g/mol. The number of rotatable bonds is 3. The maximum Gasteiger partial charge on any atom is 0.335 e. The van der Waals surface area contributed by atoms with E-state index in [9.17, 15) is 13.6 Å². The number of carboxylic acids is 1. The van der Waals surface area contributed by atoms with Crippen LogP contribution in [0.3, 0.4) is 0 Å². The minimum absolute atomic E-state index is 0.198. The fourth-order valence-electron chi connectivity index (χ4n) is 1.65. The third-order valence-electron chi connectivity index (χ3n) is 2.59. The van der Waals surface area contributed by atoms with Gasteiger partial charge in [0.2, 0.25) is 0 Å². The predicted octanol–water partition coefficient (Wildman–Crippen LogP) is 3.25. The minimum atomic E-state index is -0.991. The second kappa shape index (κ2) is 4.96. The van der Waals surface area contributed by atoms with Crippen molar-refractivity contribution < 1.29 is 18.7 Å². The Morgan fingerprint density at radius 3 is 2.11 bits per heavy atom. The largest absolute Gasteiger partial charge is 0.478 e. The summed E-state index contributed by atoms with van der Waals surface area (Å²) in [6.07, 6.45) is 0.428. The standard InChI is InChI=1S/C14H10F2O2/c15-12-6-3-10(8-13(12)16)7-9-1-4-11(5-2-9)14(17)18/h1-6,8H,7H2,(H,17,18). The highest BCUT2D eigenvalue weighted by Crippen LogP contribution is 2.14. The molecule has 0 amide bonds. The molecule has 4 heteroatoms. The molecule has 0 atom stereocenters. The molecular formula is C14H10F2O2. The van der Waals surface area contributed by atoms with Crippen LogP contribution in [0.15, 0.2) is 42.5 Å². The quantitative estimate of drug-likeness (QED) is 0.905. The van der Waals surface area contributed by atoms with Crippen molar-refractivity contribution in [2.24, 2.45) is 0 Å². The van der Waals surface area contributed by atoms with Crippen LogP contribution in [0.2, 0.25) is 0 Å². The van der Waals surface area contributed by atoms with Gasteiger partial charge in [-0.3, -0.25) is 0 Å². The van der Waals surface area contributed by atoms with Crippen LogP contribution in [0.1, 0.15) is 21.5 Å². The van der Waals surface area contributed by atoms with Gasteiger partial charge in [-0.15, -0.1) is 0 Å². The average molecular weight is 248 g/mol. The molecule has 0 aliphatic heterocycles. The first kappa shape index (κ1) is 12.2. The summed E-state index contributed by atoms with van der Waals surface area (Å²) < 4.78 is 25.7. The van der Waals surface area contributed by atoms with Crippen molar-refractivity contribution in [3.63, 3.8) is 0 Å². The van der Waals surface area contributed by atoms with Crippen LogP contribution in [-0.2, 0) is 6.42 Å². The lowest BCUT2D eigenvalue weighted by atomic mass is 10.0. The number of carboxylic acid groups (broad SMARTS) is 1. The van der Waals surface area contributed by atoms with Crippen LogP contribution in [0, 0.1) is 11.6 Å². The minimum Gasteiger partial charge on any atom is -0.478 e. The molecule has 2 aromatic carbocycles. The van der Waals surface area contributed by atoms with Crippen molar-refractivity contribution in [2.75, 3.05) is 0 Å². The molecule has 0 aliphatic rings. The zero-order valence-electron chi connectivity index (χ0n) is 9.36. The lowest BCUT2D eigenvalue weighted by molar-refractivity contribution is 0.0697. The molecule has 0 bridgehead atoms. The topological polar surface area (TPSA) is 37.3 Å². The fraction of sp³-hybridized carbons (Fsp3) is 0.0714. The first-order valence-electron chi connectivity index (χ1n) is 5.32. The van der Waals surface area contributed by atoms with Crippen molar-refractivity contribution in [1.29, 1.82) is 0 Å². The van der Waals surface area contributed by atoms with E-state index < -0.39 is 17.6 Å². The van der Waals surface area contributed by atoms with E-state index in [1.807, 2.05) is 0 Å². The first-order chi connectivity index (χ1) is 8.56. The Balaban J connectivity index is 2.18. The SMILES string of the molecule is O=C(O)c1ccc(Cc2ccc(F)c(F)c2)cc1. The number of halogens is 2. The Kier molecular flexibility index (Phi) is 3.37. The van der Waals surface area contributed by atoms with Gasteiger partial charge in [0, 0.05) is 0 Å². The van der Waals surface area contributed by atoms with Gasteiger partial charge in [0.15, 0.2) is 11.6 Å². The zero-order chi connectivity index (χ0) is 13.1. The van der Waals surface area contributed by atoms with Gasteiger partial charge in [0.1, 0.15) is 0 Å². The van der Waals surface area contributed by atoms with Crippen LogP contribution in [0.4, 0.5) is 8.78 Å². The number of hydrogen-bond acceptors (Lipinski definition) is 1. The number of aromatic carboxylic acids is 1. The van der Waals surface area contributed by atoms with Gasteiger partial charge in [0.05, 0.1) is 5.56 Å². The molecule has 0 radical (unpaired) electrons. The molecule has 0 saturated carbocycles. The Bertz CT molecular complexity index is 577. The summed E-state index contributed by atoms with van der Waals surface area (Å²) in [4.78, 5) is 10.7. The van der Waals surface area contributed by atoms with Gasteiger partial charge in [-0.05, 0) is 41.8 Å². The molecule has 0 aliphatic carbocycles. The van der Waals surface area contributed by atoms with Crippen molar-refractivity contribution in [3.05, 3.63) is 70.8 Å². The van der Waals surface area contributed by atoms with E-state index in [2.05, 4.69) is 0 Å². The molecule has 1 N–H and O–H groups in total. The Hall–Kier alpha value is -2.23. The van der Waals surface area contributed by atoms with Crippen LogP contribution in [0.25, 0.3) is 0 Å². The van der Waals surface area contributed by atoms with Crippen molar-refractivity contribution in [1.82, 2.24) is 0 Å². The third kappa shape index (κ3) is 2.71. The summed E-state index contributed by atoms with van der Waals surface area (Å²) in [6.45, 7) is 0. The summed E-state index contributed by atoms with van der Waals surface area (Å²) in [6, 6.07) is 10.0. The molecule has 0 fully saturated rings. The van der Waals surface area contributed by atoms with Crippen LogP contribution < -0.4 is 0 Å². The maximum absolute atomic E-state index is 13.0. The molecule has 0 aromatic heterocycles. The molecule has 18 heavy (non-hydrogen) atoms. The Labute approximate surface area is 103 Å². The molecule has 0 unspecified atom stereocenters. The lowest BCUT2D eigenvalue weighted by Crippen LogP contribution is -1.97. The number of hydrogen-bond donors (Lipinski definition) is 1. The van der Waals surface area contributed by atoms with E-state index in [1.54, 1.807) is 12.1 Å². The van der Waals surface area contributed by atoms with E-state index in [1.165, 1.54) is 18.2 Å². The highest BCUT2D eigenvalue weighted by Gasteiger charge is 2.05. The first-order valence-corrected chi connectivity index (χ1v) is 5.32. The van der Waals surface area contributed by atoms with Gasteiger partial charge in [-0.1, -0.05) is 18.2 Å². The number of carbonyl (C=O) groups is 1. The highest BCUT2D eigenvalue weighted by atomic mass is 19.2. The average Bonchev–Trinajstić information content (AvgIpc) is 2.34. The summed E-state index contributed by atoms with van der Waals surface area (Å²) in [5, 5.41) is 8.74. The highest BCUT2D eigenvalue weighted by molar-refractivity contribution is 5.87. The smallest absolute Gasteiger partial charge is 0.335 e. The predicted molar refractivity (Wildman–Crippen MR) is 62.6 cm³/mol. The van der Waals surface area contributed by atoms with Crippen molar-refractivity contribution >= 4 is 5.97 Å². The third-order valence-corrected chi connectivity index (χ3v) is 2.59. The number of benzene rings is 2. The summed E-state index contributed by atoms with van der Waals surface area (Å²) in [5.41, 5.74) is 1.67. The molecule has 0 heterocycles. The maximum atomic E-state index is 13.0. The Morgan fingerprint density at radius 2 is 1.56 bits per heavy atom. The van der Waals surface area contributed by atoms with Crippen LogP contribution in [0.5, 0.6) is 0 Å². The van der Waals surface area contributed by atoms with Gasteiger partial charge in [-0.2, -0.15) is 0 Å². The lowest BCUT2D eigenvalue weighted by Gasteiger charge is -2.03.